The van der Waals surface area contributed by atoms with Crippen LogP contribution < -0.4 is 11.1 Å². The summed E-state index contributed by atoms with van der Waals surface area (Å²) >= 11 is 0. The molecule has 19 heavy (non-hydrogen) atoms. The summed E-state index contributed by atoms with van der Waals surface area (Å²) in [6.45, 7) is -0.0547. The molecule has 1 rings (SSSR count). The SMILES string of the molecule is NCC(=O)c1ccc(NC(=O)CCCC(=O)O)cc1. The Hall–Kier alpha value is -2.21. The quantitative estimate of drug-likeness (QED) is 0.637. The first kappa shape index (κ1) is 14.8. The van der Waals surface area contributed by atoms with Crippen molar-refractivity contribution in [2.45, 2.75) is 19.3 Å². The van der Waals surface area contributed by atoms with E-state index in [1.165, 1.54) is 0 Å². The molecular weight excluding hydrogens is 248 g/mol. The smallest absolute Gasteiger partial charge is 0.303 e. The van der Waals surface area contributed by atoms with Crippen LogP contribution in [0.15, 0.2) is 24.3 Å². The van der Waals surface area contributed by atoms with E-state index in [1.807, 2.05) is 0 Å². The predicted molar refractivity (Wildman–Crippen MR) is 69.9 cm³/mol. The van der Waals surface area contributed by atoms with Crippen molar-refractivity contribution in [2.75, 3.05) is 11.9 Å². The van der Waals surface area contributed by atoms with Crippen LogP contribution in [-0.2, 0) is 9.59 Å². The van der Waals surface area contributed by atoms with E-state index in [-0.39, 0.29) is 31.1 Å². The molecule has 0 unspecified atom stereocenters. The highest BCUT2D eigenvalue weighted by Crippen LogP contribution is 2.10. The van der Waals surface area contributed by atoms with Gasteiger partial charge in [-0.3, -0.25) is 14.4 Å². The van der Waals surface area contributed by atoms with Gasteiger partial charge in [0.25, 0.3) is 0 Å². The van der Waals surface area contributed by atoms with Gasteiger partial charge in [0.05, 0.1) is 6.54 Å². The van der Waals surface area contributed by atoms with Crippen molar-refractivity contribution < 1.29 is 19.5 Å². The molecule has 4 N–H and O–H groups in total. The average Bonchev–Trinajstić information content (AvgIpc) is 2.38. The molecule has 0 heterocycles. The fourth-order valence-electron chi connectivity index (χ4n) is 1.48. The summed E-state index contributed by atoms with van der Waals surface area (Å²) in [4.78, 5) is 33.1. The van der Waals surface area contributed by atoms with Crippen molar-refractivity contribution in [3.8, 4) is 0 Å². The molecule has 1 amide bonds. The van der Waals surface area contributed by atoms with E-state index in [0.717, 1.165) is 0 Å². The Bertz CT molecular complexity index is 468. The number of anilines is 1. The fraction of sp³-hybridized carbons (Fsp3) is 0.308. The summed E-state index contributed by atoms with van der Waals surface area (Å²) in [5.41, 5.74) is 6.29. The van der Waals surface area contributed by atoms with Gasteiger partial charge in [-0.1, -0.05) is 0 Å². The number of ketones is 1. The van der Waals surface area contributed by atoms with Crippen molar-refractivity contribution in [1.29, 1.82) is 0 Å². The highest BCUT2D eigenvalue weighted by Gasteiger charge is 2.06. The van der Waals surface area contributed by atoms with Gasteiger partial charge in [0.1, 0.15) is 0 Å². The number of rotatable bonds is 7. The van der Waals surface area contributed by atoms with Crippen LogP contribution >= 0.6 is 0 Å². The zero-order valence-electron chi connectivity index (χ0n) is 10.4. The number of carbonyl (C=O) groups is 3. The van der Waals surface area contributed by atoms with Crippen LogP contribution in [0.5, 0.6) is 0 Å². The minimum absolute atomic E-state index is 0.0304. The van der Waals surface area contributed by atoms with Crippen LogP contribution in [0.2, 0.25) is 0 Å². The second-order valence-corrected chi connectivity index (χ2v) is 4.00. The second kappa shape index (κ2) is 7.27. The highest BCUT2D eigenvalue weighted by atomic mass is 16.4. The lowest BCUT2D eigenvalue weighted by molar-refractivity contribution is -0.137. The molecule has 0 saturated heterocycles. The van der Waals surface area contributed by atoms with Gasteiger partial charge in [-0.05, 0) is 30.7 Å². The molecule has 0 fully saturated rings. The normalized spacial score (nSPS) is 9.95. The lowest BCUT2D eigenvalue weighted by Crippen LogP contribution is -2.14. The number of carbonyl (C=O) groups excluding carboxylic acids is 2. The van der Waals surface area contributed by atoms with E-state index >= 15 is 0 Å². The topological polar surface area (TPSA) is 109 Å². The number of hydrogen-bond acceptors (Lipinski definition) is 4. The maximum absolute atomic E-state index is 11.5. The summed E-state index contributed by atoms with van der Waals surface area (Å²) in [5.74, 6) is -1.34. The molecule has 0 atom stereocenters. The van der Waals surface area contributed by atoms with Gasteiger partial charge in [0.2, 0.25) is 5.91 Å². The van der Waals surface area contributed by atoms with E-state index in [0.29, 0.717) is 17.7 Å². The molecule has 0 radical (unpaired) electrons. The zero-order chi connectivity index (χ0) is 14.3. The van der Waals surface area contributed by atoms with Crippen molar-refractivity contribution >= 4 is 23.3 Å². The third-order valence-electron chi connectivity index (χ3n) is 2.47. The zero-order valence-corrected chi connectivity index (χ0v) is 10.4. The maximum Gasteiger partial charge on any atom is 0.303 e. The maximum atomic E-state index is 11.5. The van der Waals surface area contributed by atoms with E-state index in [9.17, 15) is 14.4 Å². The largest absolute Gasteiger partial charge is 0.481 e. The molecule has 0 spiro atoms. The molecule has 1 aromatic rings. The molecular formula is C13H16N2O4. The first-order chi connectivity index (χ1) is 9.02. The molecule has 0 aliphatic heterocycles. The Kier molecular flexibility index (Phi) is 5.69. The Morgan fingerprint density at radius 2 is 1.74 bits per heavy atom. The van der Waals surface area contributed by atoms with Gasteiger partial charge in [0.15, 0.2) is 5.78 Å². The summed E-state index contributed by atoms with van der Waals surface area (Å²) in [7, 11) is 0. The summed E-state index contributed by atoms with van der Waals surface area (Å²) in [6.07, 6.45) is 0.415. The molecule has 6 nitrogen and oxygen atoms in total. The molecule has 1 aromatic carbocycles. The molecule has 0 aliphatic rings. The first-order valence-electron chi connectivity index (χ1n) is 5.88. The molecule has 0 bridgehead atoms. The predicted octanol–water partition coefficient (Wildman–Crippen LogP) is 1.02. The monoisotopic (exact) mass is 264 g/mol. The molecule has 0 aliphatic carbocycles. The second-order valence-electron chi connectivity index (χ2n) is 4.00. The van der Waals surface area contributed by atoms with Crippen LogP contribution in [0.4, 0.5) is 5.69 Å². The Morgan fingerprint density at radius 3 is 2.26 bits per heavy atom. The third kappa shape index (κ3) is 5.31. The summed E-state index contributed by atoms with van der Waals surface area (Å²) < 4.78 is 0. The van der Waals surface area contributed by atoms with Crippen LogP contribution in [-0.4, -0.2) is 29.3 Å². The number of benzene rings is 1. The number of carboxylic acid groups (broad SMARTS) is 1. The number of nitrogens with two attached hydrogens (primary N) is 1. The van der Waals surface area contributed by atoms with Gasteiger partial charge in [-0.2, -0.15) is 0 Å². The molecule has 102 valence electrons. The van der Waals surface area contributed by atoms with E-state index in [1.54, 1.807) is 24.3 Å². The third-order valence-corrected chi connectivity index (χ3v) is 2.47. The van der Waals surface area contributed by atoms with E-state index in [4.69, 9.17) is 10.8 Å². The van der Waals surface area contributed by atoms with E-state index in [2.05, 4.69) is 5.32 Å². The summed E-state index contributed by atoms with van der Waals surface area (Å²) in [5, 5.41) is 11.1. The minimum Gasteiger partial charge on any atom is -0.481 e. The van der Waals surface area contributed by atoms with Crippen LogP contribution in [0.1, 0.15) is 29.6 Å². The Labute approximate surface area is 110 Å². The fourth-order valence-corrected chi connectivity index (χ4v) is 1.48. The average molecular weight is 264 g/mol. The Morgan fingerprint density at radius 1 is 1.11 bits per heavy atom. The van der Waals surface area contributed by atoms with Crippen molar-refractivity contribution in [3.05, 3.63) is 29.8 Å². The number of carboxylic acids is 1. The number of aliphatic carboxylic acids is 1. The van der Waals surface area contributed by atoms with Crippen LogP contribution in [0.25, 0.3) is 0 Å². The van der Waals surface area contributed by atoms with Gasteiger partial charge in [-0.25, -0.2) is 0 Å². The van der Waals surface area contributed by atoms with Gasteiger partial charge < -0.3 is 16.2 Å². The molecule has 6 heteroatoms. The van der Waals surface area contributed by atoms with Crippen molar-refractivity contribution in [1.82, 2.24) is 0 Å². The lowest BCUT2D eigenvalue weighted by Gasteiger charge is -2.05. The van der Waals surface area contributed by atoms with Crippen molar-refractivity contribution in [2.24, 2.45) is 5.73 Å². The number of nitrogens with one attached hydrogen (secondary N) is 1. The molecule has 0 saturated carbocycles. The number of Topliss-reactive ketones (excluding diaryl/α,β-unsaturated/α-hetero) is 1. The minimum atomic E-state index is -0.919. The number of hydrogen-bond donors (Lipinski definition) is 3. The van der Waals surface area contributed by atoms with Gasteiger partial charge in [0, 0.05) is 24.1 Å². The van der Waals surface area contributed by atoms with Gasteiger partial charge >= 0.3 is 5.97 Å². The highest BCUT2D eigenvalue weighted by molar-refractivity contribution is 5.98. The van der Waals surface area contributed by atoms with E-state index < -0.39 is 5.97 Å². The van der Waals surface area contributed by atoms with Crippen LogP contribution in [0, 0.1) is 0 Å². The van der Waals surface area contributed by atoms with Gasteiger partial charge in [-0.15, -0.1) is 0 Å². The Balaban J connectivity index is 2.46. The first-order valence-corrected chi connectivity index (χ1v) is 5.88. The molecule has 0 aromatic heterocycles. The summed E-state index contributed by atoms with van der Waals surface area (Å²) in [6, 6.07) is 6.39. The lowest BCUT2D eigenvalue weighted by atomic mass is 10.1. The van der Waals surface area contributed by atoms with Crippen LogP contribution in [0.3, 0.4) is 0 Å². The number of amides is 1. The van der Waals surface area contributed by atoms with Crippen molar-refractivity contribution in [3.63, 3.8) is 0 Å². The standard InChI is InChI=1S/C13H16N2O4/c14-8-11(16)9-4-6-10(7-5-9)15-12(17)2-1-3-13(18)19/h4-7H,1-3,8,14H2,(H,15,17)(H,18,19).